The van der Waals surface area contributed by atoms with Crippen LogP contribution in [-0.2, 0) is 0 Å². The van der Waals surface area contributed by atoms with E-state index in [1.807, 2.05) is 0 Å². The molecular weight excluding hydrogens is 376 g/mol. The highest BCUT2D eigenvalue weighted by Crippen LogP contribution is 2.77. The predicted octanol–water partition coefficient (Wildman–Crippen LogP) is 8.02. The Hall–Kier alpha value is -0.300. The van der Waals surface area contributed by atoms with E-state index in [-0.39, 0.29) is 11.5 Å². The van der Waals surface area contributed by atoms with Crippen molar-refractivity contribution in [3.63, 3.8) is 0 Å². The molecule has 0 aromatic heterocycles. The Balaban J connectivity index is 1.54. The van der Waals surface area contributed by atoms with Crippen LogP contribution in [0.5, 0.6) is 0 Å². The number of aliphatic hydroxyl groups is 1. The van der Waals surface area contributed by atoms with Gasteiger partial charge in [0, 0.05) is 0 Å². The Morgan fingerprint density at radius 3 is 2.13 bits per heavy atom. The molecule has 1 nitrogen and oxygen atoms in total. The second-order valence-electron chi connectivity index (χ2n) is 14.7. The average Bonchev–Trinajstić information content (AvgIpc) is 3.04. The van der Waals surface area contributed by atoms with Crippen LogP contribution in [0, 0.1) is 56.7 Å². The summed E-state index contributed by atoms with van der Waals surface area (Å²) in [6.07, 6.45) is 13.4. The van der Waals surface area contributed by atoms with Gasteiger partial charge in [0.15, 0.2) is 0 Å². The third kappa shape index (κ3) is 2.65. The summed E-state index contributed by atoms with van der Waals surface area (Å²) in [5.74, 6) is 3.98. The van der Waals surface area contributed by atoms with Crippen LogP contribution in [0.15, 0.2) is 12.2 Å². The number of hydrogen-bond acceptors (Lipinski definition) is 1. The summed E-state index contributed by atoms with van der Waals surface area (Å²) >= 11 is 0. The van der Waals surface area contributed by atoms with E-state index in [1.54, 1.807) is 0 Å². The van der Waals surface area contributed by atoms with Crippen LogP contribution in [0.4, 0.5) is 0 Å². The Morgan fingerprint density at radius 2 is 1.45 bits per heavy atom. The predicted molar refractivity (Wildman–Crippen MR) is 131 cm³/mol. The zero-order valence-corrected chi connectivity index (χ0v) is 21.7. The maximum Gasteiger partial charge on any atom is 0.0594 e. The third-order valence-corrected chi connectivity index (χ3v) is 13.5. The van der Waals surface area contributed by atoms with Crippen molar-refractivity contribution in [2.24, 2.45) is 56.7 Å². The van der Waals surface area contributed by atoms with Gasteiger partial charge in [0.25, 0.3) is 0 Å². The molecule has 1 heteroatoms. The lowest BCUT2D eigenvalue weighted by atomic mass is 9.32. The normalized spacial score (nSPS) is 57.9. The summed E-state index contributed by atoms with van der Waals surface area (Å²) in [7, 11) is 0. The molecule has 5 aliphatic rings. The van der Waals surface area contributed by atoms with Gasteiger partial charge in [0.2, 0.25) is 0 Å². The Kier molecular flexibility index (Phi) is 4.82. The molecule has 5 fully saturated rings. The summed E-state index contributed by atoms with van der Waals surface area (Å²) in [5, 5.41) is 10.9. The molecule has 0 aliphatic heterocycles. The van der Waals surface area contributed by atoms with Gasteiger partial charge < -0.3 is 5.11 Å². The van der Waals surface area contributed by atoms with Gasteiger partial charge in [-0.05, 0) is 128 Å². The smallest absolute Gasteiger partial charge is 0.0594 e. The molecule has 0 bridgehead atoms. The second-order valence-corrected chi connectivity index (χ2v) is 14.7. The summed E-state index contributed by atoms with van der Waals surface area (Å²) in [4.78, 5) is 0. The largest absolute Gasteiger partial charge is 0.393 e. The first-order valence-electron chi connectivity index (χ1n) is 13.6. The van der Waals surface area contributed by atoms with Gasteiger partial charge >= 0.3 is 0 Å². The molecule has 0 saturated heterocycles. The molecule has 0 unspecified atom stereocenters. The van der Waals surface area contributed by atoms with E-state index in [0.29, 0.717) is 27.6 Å². The zero-order valence-electron chi connectivity index (χ0n) is 21.7. The van der Waals surface area contributed by atoms with E-state index in [1.165, 1.54) is 63.4 Å². The molecule has 0 spiro atoms. The van der Waals surface area contributed by atoms with E-state index in [0.717, 1.165) is 30.1 Å². The van der Waals surface area contributed by atoms with Crippen LogP contribution in [-0.4, -0.2) is 11.2 Å². The minimum absolute atomic E-state index is 0.0632. The molecule has 176 valence electrons. The Labute approximate surface area is 192 Å². The van der Waals surface area contributed by atoms with E-state index in [9.17, 15) is 5.11 Å². The first-order valence-corrected chi connectivity index (χ1v) is 13.6. The fourth-order valence-corrected chi connectivity index (χ4v) is 11.5. The number of hydrogen-bond donors (Lipinski definition) is 1. The second kappa shape index (κ2) is 6.64. The van der Waals surface area contributed by atoms with Gasteiger partial charge in [-0.3, -0.25) is 0 Å². The molecule has 0 aromatic carbocycles. The summed E-state index contributed by atoms with van der Waals surface area (Å²) in [5.41, 5.74) is 3.38. The van der Waals surface area contributed by atoms with E-state index in [2.05, 4.69) is 55.0 Å². The van der Waals surface area contributed by atoms with Gasteiger partial charge in [-0.1, -0.05) is 53.7 Å². The van der Waals surface area contributed by atoms with Crippen molar-refractivity contribution >= 4 is 0 Å². The van der Waals surface area contributed by atoms with Crippen LogP contribution < -0.4 is 0 Å². The SMILES string of the molecule is C=C(C)[C@H]1CC[C@@]2(C)CC[C@@]3(C)[C@@H](CC[C@H]4[C@]5(C)CC[C@@H](O)C(C)(C)[C@H]5CC[C@@]43C)[C@H]12. The van der Waals surface area contributed by atoms with Crippen molar-refractivity contribution in [2.45, 2.75) is 119 Å². The van der Waals surface area contributed by atoms with Crippen molar-refractivity contribution < 1.29 is 5.11 Å². The standard InChI is InChI=1S/C30H50O/c1-19(2)20-11-14-27(5)17-18-29(7)21(25(20)27)9-10-23-28(6)15-13-24(31)26(3,4)22(28)12-16-30(23,29)8/h20-25,31H,1,9-18H2,2-8H3/t20-,21+,22-,23+,24-,25+,27+,28-,29+,30+/m1/s1. The topological polar surface area (TPSA) is 20.2 Å². The lowest BCUT2D eigenvalue weighted by Gasteiger charge is -2.73. The Bertz CT molecular complexity index is 766. The Morgan fingerprint density at radius 1 is 0.742 bits per heavy atom. The number of allylic oxidation sites excluding steroid dienone is 1. The fourth-order valence-electron chi connectivity index (χ4n) is 11.5. The molecule has 31 heavy (non-hydrogen) atoms. The first kappa shape index (κ1) is 22.5. The quantitative estimate of drug-likeness (QED) is 0.421. The number of fused-ring (bicyclic) bond motifs is 7. The molecule has 0 aromatic rings. The first-order chi connectivity index (χ1) is 14.3. The highest BCUT2D eigenvalue weighted by atomic mass is 16.3. The molecular formula is C30H50O. The lowest BCUT2D eigenvalue weighted by Crippen LogP contribution is -2.66. The maximum absolute atomic E-state index is 10.9. The molecule has 5 rings (SSSR count). The number of rotatable bonds is 1. The molecule has 0 heterocycles. The van der Waals surface area contributed by atoms with Gasteiger partial charge in [0.05, 0.1) is 6.10 Å². The summed E-state index contributed by atoms with van der Waals surface area (Å²) < 4.78 is 0. The van der Waals surface area contributed by atoms with E-state index < -0.39 is 0 Å². The van der Waals surface area contributed by atoms with Gasteiger partial charge in [-0.2, -0.15) is 0 Å². The number of aliphatic hydroxyl groups excluding tert-OH is 1. The molecule has 1 N–H and O–H groups in total. The molecule has 5 saturated carbocycles. The van der Waals surface area contributed by atoms with Crippen molar-refractivity contribution in [2.75, 3.05) is 0 Å². The minimum Gasteiger partial charge on any atom is -0.393 e. The minimum atomic E-state index is -0.118. The van der Waals surface area contributed by atoms with Gasteiger partial charge in [0.1, 0.15) is 0 Å². The van der Waals surface area contributed by atoms with Crippen LogP contribution in [0.25, 0.3) is 0 Å². The van der Waals surface area contributed by atoms with E-state index in [4.69, 9.17) is 0 Å². The highest BCUT2D eigenvalue weighted by molar-refractivity contribution is 5.21. The fraction of sp³-hybridized carbons (Fsp3) is 0.933. The van der Waals surface area contributed by atoms with Crippen LogP contribution in [0.3, 0.4) is 0 Å². The van der Waals surface area contributed by atoms with Crippen LogP contribution in [0.2, 0.25) is 0 Å². The maximum atomic E-state index is 10.9. The van der Waals surface area contributed by atoms with Crippen molar-refractivity contribution in [3.05, 3.63) is 12.2 Å². The molecule has 5 aliphatic carbocycles. The zero-order chi connectivity index (χ0) is 22.6. The highest BCUT2D eigenvalue weighted by Gasteiger charge is 2.70. The lowest BCUT2D eigenvalue weighted by molar-refractivity contribution is -0.246. The van der Waals surface area contributed by atoms with Crippen LogP contribution in [0.1, 0.15) is 113 Å². The van der Waals surface area contributed by atoms with Gasteiger partial charge in [-0.15, -0.1) is 0 Å². The monoisotopic (exact) mass is 426 g/mol. The molecule has 10 atom stereocenters. The van der Waals surface area contributed by atoms with Crippen molar-refractivity contribution in [1.82, 2.24) is 0 Å². The molecule has 0 amide bonds. The van der Waals surface area contributed by atoms with Gasteiger partial charge in [-0.25, -0.2) is 0 Å². The van der Waals surface area contributed by atoms with Crippen molar-refractivity contribution in [3.8, 4) is 0 Å². The third-order valence-electron chi connectivity index (χ3n) is 13.5. The average molecular weight is 427 g/mol. The summed E-state index contributed by atoms with van der Waals surface area (Å²) in [6, 6.07) is 0. The molecule has 0 radical (unpaired) electrons. The van der Waals surface area contributed by atoms with E-state index >= 15 is 0 Å². The van der Waals surface area contributed by atoms with Crippen molar-refractivity contribution in [1.29, 1.82) is 0 Å². The summed E-state index contributed by atoms with van der Waals surface area (Å²) in [6.45, 7) is 22.3. The van der Waals surface area contributed by atoms with Crippen LogP contribution >= 0.6 is 0 Å².